The molecule has 0 aromatic carbocycles. The first-order chi connectivity index (χ1) is 6.42. The number of carbonyl (C=O) groups excluding carboxylic acids is 1. The second-order valence-electron chi connectivity index (χ2n) is 5.34. The van der Waals surface area contributed by atoms with Gasteiger partial charge in [0.15, 0.2) is 0 Å². The Morgan fingerprint density at radius 1 is 1.50 bits per heavy atom. The molecule has 2 fully saturated rings. The van der Waals surface area contributed by atoms with E-state index in [2.05, 4.69) is 13.8 Å². The van der Waals surface area contributed by atoms with E-state index in [1.165, 1.54) is 0 Å². The Kier molecular flexibility index (Phi) is 1.94. The maximum Gasteiger partial charge on any atom is 0.310 e. The molecule has 0 spiro atoms. The van der Waals surface area contributed by atoms with Crippen molar-refractivity contribution in [2.24, 2.45) is 17.3 Å². The summed E-state index contributed by atoms with van der Waals surface area (Å²) in [5.74, 6) is 0.132. The van der Waals surface area contributed by atoms with Crippen molar-refractivity contribution < 1.29 is 14.6 Å². The lowest BCUT2D eigenvalue weighted by Crippen LogP contribution is -2.58. The van der Waals surface area contributed by atoms with E-state index in [0.717, 1.165) is 6.42 Å². The number of carbonyl (C=O) groups is 1. The lowest BCUT2D eigenvalue weighted by Gasteiger charge is -2.55. The molecule has 0 radical (unpaired) electrons. The highest BCUT2D eigenvalue weighted by molar-refractivity contribution is 5.77. The van der Waals surface area contributed by atoms with E-state index in [1.54, 1.807) is 0 Å². The number of ether oxygens (including phenoxy) is 1. The van der Waals surface area contributed by atoms with Crippen molar-refractivity contribution in [2.75, 3.05) is 6.61 Å². The zero-order valence-corrected chi connectivity index (χ0v) is 9.04. The molecule has 3 nitrogen and oxygen atoms in total. The molecule has 0 aromatic rings. The molecule has 3 atom stereocenters. The highest BCUT2D eigenvalue weighted by Crippen LogP contribution is 2.62. The summed E-state index contributed by atoms with van der Waals surface area (Å²) in [5.41, 5.74) is -0.193. The third-order valence-corrected chi connectivity index (χ3v) is 4.32. The van der Waals surface area contributed by atoms with Gasteiger partial charge in [0.2, 0.25) is 0 Å². The van der Waals surface area contributed by atoms with Crippen LogP contribution in [0, 0.1) is 17.3 Å². The largest absolute Gasteiger partial charge is 0.458 e. The number of rotatable bonds is 2. The average molecular weight is 198 g/mol. The normalized spacial score (nSPS) is 44.1. The van der Waals surface area contributed by atoms with Crippen LogP contribution in [0.2, 0.25) is 0 Å². The molecule has 0 unspecified atom stereocenters. The molecule has 1 heterocycles. The minimum absolute atomic E-state index is 0.0713. The first-order valence-corrected chi connectivity index (χ1v) is 5.26. The molecular formula is C11H18O3. The van der Waals surface area contributed by atoms with Crippen molar-refractivity contribution in [2.45, 2.75) is 39.2 Å². The summed E-state index contributed by atoms with van der Waals surface area (Å²) in [6, 6.07) is 0. The molecule has 1 saturated heterocycles. The van der Waals surface area contributed by atoms with Crippen LogP contribution in [0.5, 0.6) is 0 Å². The highest BCUT2D eigenvalue weighted by Gasteiger charge is 2.67. The summed E-state index contributed by atoms with van der Waals surface area (Å²) >= 11 is 0. The van der Waals surface area contributed by atoms with Gasteiger partial charge >= 0.3 is 5.97 Å². The van der Waals surface area contributed by atoms with E-state index in [4.69, 9.17) is 9.84 Å². The van der Waals surface area contributed by atoms with Gasteiger partial charge in [-0.3, -0.25) is 4.79 Å². The van der Waals surface area contributed by atoms with Crippen LogP contribution in [0.1, 0.15) is 33.6 Å². The summed E-state index contributed by atoms with van der Waals surface area (Å²) in [5, 5.41) is 8.88. The summed E-state index contributed by atoms with van der Waals surface area (Å²) in [6.45, 7) is 6.37. The van der Waals surface area contributed by atoms with Crippen LogP contribution in [0.3, 0.4) is 0 Å². The molecule has 2 aliphatic rings. The minimum atomic E-state index is -0.288. The summed E-state index contributed by atoms with van der Waals surface area (Å²) in [7, 11) is 0. The monoisotopic (exact) mass is 198 g/mol. The molecule has 0 aromatic heterocycles. The van der Waals surface area contributed by atoms with E-state index < -0.39 is 0 Å². The van der Waals surface area contributed by atoms with Crippen molar-refractivity contribution in [3.8, 4) is 0 Å². The molecular weight excluding hydrogens is 180 g/mol. The van der Waals surface area contributed by atoms with Crippen LogP contribution >= 0.6 is 0 Å². The molecule has 80 valence electrons. The second-order valence-corrected chi connectivity index (χ2v) is 5.34. The third kappa shape index (κ3) is 0.991. The summed E-state index contributed by atoms with van der Waals surface area (Å²) < 4.78 is 5.48. The molecule has 1 N–H and O–H groups in total. The summed E-state index contributed by atoms with van der Waals surface area (Å²) in [6.07, 6.45) is 1.58. The zero-order valence-electron chi connectivity index (χ0n) is 9.04. The minimum Gasteiger partial charge on any atom is -0.458 e. The van der Waals surface area contributed by atoms with Crippen molar-refractivity contribution in [1.82, 2.24) is 0 Å². The second kappa shape index (κ2) is 2.72. The predicted octanol–water partition coefficient (Wildman–Crippen LogP) is 1.35. The number of aliphatic hydroxyl groups is 1. The molecule has 1 aliphatic heterocycles. The molecule has 2 rings (SSSR count). The van der Waals surface area contributed by atoms with Gasteiger partial charge in [0.1, 0.15) is 5.60 Å². The van der Waals surface area contributed by atoms with Gasteiger partial charge in [-0.2, -0.15) is 0 Å². The van der Waals surface area contributed by atoms with Gasteiger partial charge in [0.25, 0.3) is 0 Å². The zero-order chi connectivity index (χ0) is 10.6. The van der Waals surface area contributed by atoms with Crippen LogP contribution in [-0.2, 0) is 9.53 Å². The molecule has 0 amide bonds. The van der Waals surface area contributed by atoms with Crippen LogP contribution in [0.25, 0.3) is 0 Å². The van der Waals surface area contributed by atoms with E-state index in [-0.39, 0.29) is 29.5 Å². The quantitative estimate of drug-likeness (QED) is 0.681. The fourth-order valence-corrected chi connectivity index (χ4v) is 2.97. The van der Waals surface area contributed by atoms with E-state index in [9.17, 15) is 4.79 Å². The van der Waals surface area contributed by atoms with Crippen molar-refractivity contribution in [1.29, 1.82) is 0 Å². The smallest absolute Gasteiger partial charge is 0.310 e. The van der Waals surface area contributed by atoms with Gasteiger partial charge in [-0.15, -0.1) is 0 Å². The van der Waals surface area contributed by atoms with Crippen LogP contribution in [-0.4, -0.2) is 23.3 Å². The lowest BCUT2D eigenvalue weighted by molar-refractivity contribution is -0.185. The van der Waals surface area contributed by atoms with Crippen molar-refractivity contribution >= 4 is 5.97 Å². The maximum absolute atomic E-state index is 11.6. The number of hydrogen-bond donors (Lipinski definition) is 1. The standard InChI is InChI=1S/C11H18O3/c1-10(2)6-8-7(4-5-12)9(13)14-11(8,10)3/h7-8,12H,4-6H2,1-3H3/t7-,8-,11+/m0/s1. The van der Waals surface area contributed by atoms with Gasteiger partial charge in [0.05, 0.1) is 5.92 Å². The Balaban J connectivity index is 2.19. The SMILES string of the molecule is CC1(C)C[C@H]2[C@H](CCO)C(=O)O[C@]21C. The van der Waals surface area contributed by atoms with Crippen LogP contribution < -0.4 is 0 Å². The Morgan fingerprint density at radius 2 is 2.14 bits per heavy atom. The number of aliphatic hydroxyl groups excluding tert-OH is 1. The third-order valence-electron chi connectivity index (χ3n) is 4.32. The van der Waals surface area contributed by atoms with Gasteiger partial charge in [-0.05, 0) is 19.8 Å². The van der Waals surface area contributed by atoms with Crippen molar-refractivity contribution in [3.63, 3.8) is 0 Å². The predicted molar refractivity (Wildman–Crippen MR) is 51.6 cm³/mol. The Labute approximate surface area is 84.4 Å². The first kappa shape index (κ1) is 9.97. The number of esters is 1. The highest BCUT2D eigenvalue weighted by atomic mass is 16.6. The Bertz CT molecular complexity index is 272. The molecule has 3 heteroatoms. The molecule has 0 bridgehead atoms. The number of fused-ring (bicyclic) bond motifs is 1. The van der Waals surface area contributed by atoms with E-state index in [1.807, 2.05) is 6.92 Å². The van der Waals surface area contributed by atoms with Crippen LogP contribution in [0.4, 0.5) is 0 Å². The lowest BCUT2D eigenvalue weighted by atomic mass is 9.51. The molecule has 1 saturated carbocycles. The van der Waals surface area contributed by atoms with Gasteiger partial charge in [-0.25, -0.2) is 0 Å². The van der Waals surface area contributed by atoms with Crippen LogP contribution in [0.15, 0.2) is 0 Å². The molecule has 14 heavy (non-hydrogen) atoms. The maximum atomic E-state index is 11.6. The Hall–Kier alpha value is -0.570. The molecule has 1 aliphatic carbocycles. The average Bonchev–Trinajstić information content (AvgIpc) is 2.28. The topological polar surface area (TPSA) is 46.5 Å². The fourth-order valence-electron chi connectivity index (χ4n) is 2.97. The first-order valence-electron chi connectivity index (χ1n) is 5.26. The van der Waals surface area contributed by atoms with E-state index >= 15 is 0 Å². The number of hydrogen-bond acceptors (Lipinski definition) is 3. The summed E-state index contributed by atoms with van der Waals surface area (Å²) in [4.78, 5) is 11.6. The van der Waals surface area contributed by atoms with Gasteiger partial charge < -0.3 is 9.84 Å². The van der Waals surface area contributed by atoms with Gasteiger partial charge in [-0.1, -0.05) is 13.8 Å². The fraction of sp³-hybridized carbons (Fsp3) is 0.909. The van der Waals surface area contributed by atoms with Crippen molar-refractivity contribution in [3.05, 3.63) is 0 Å². The Morgan fingerprint density at radius 3 is 2.57 bits per heavy atom. The van der Waals surface area contributed by atoms with Gasteiger partial charge in [0, 0.05) is 17.9 Å². The van der Waals surface area contributed by atoms with E-state index in [0.29, 0.717) is 12.3 Å².